The second-order valence-corrected chi connectivity index (χ2v) is 4.79. The Kier molecular flexibility index (Phi) is 3.06. The van der Waals surface area contributed by atoms with Crippen molar-refractivity contribution in [3.05, 3.63) is 46.8 Å². The zero-order valence-corrected chi connectivity index (χ0v) is 9.75. The number of hydrogen-bond donors (Lipinski definition) is 1. The normalized spacial score (nSPS) is 10.3. The van der Waals surface area contributed by atoms with Gasteiger partial charge in [-0.3, -0.25) is 4.79 Å². The van der Waals surface area contributed by atoms with E-state index in [9.17, 15) is 4.79 Å². The first-order valence-corrected chi connectivity index (χ1v) is 5.85. The monoisotopic (exact) mass is 232 g/mol. The highest BCUT2D eigenvalue weighted by atomic mass is 32.1. The number of carboxylic acids is 1. The molecule has 0 unspecified atom stereocenters. The lowest BCUT2D eigenvalue weighted by atomic mass is 10.1. The molecule has 16 heavy (non-hydrogen) atoms. The van der Waals surface area contributed by atoms with Gasteiger partial charge in [0.2, 0.25) is 0 Å². The summed E-state index contributed by atoms with van der Waals surface area (Å²) in [6.45, 7) is 1.96. The lowest BCUT2D eigenvalue weighted by Crippen LogP contribution is -1.98. The molecule has 0 aliphatic rings. The van der Waals surface area contributed by atoms with Gasteiger partial charge in [0.15, 0.2) is 0 Å². The first kappa shape index (κ1) is 10.9. The Balaban J connectivity index is 2.34. The molecule has 0 fully saturated rings. The van der Waals surface area contributed by atoms with Crippen LogP contribution in [-0.4, -0.2) is 11.1 Å². The van der Waals surface area contributed by atoms with Crippen LogP contribution >= 0.6 is 11.3 Å². The number of hydrogen-bond acceptors (Lipinski definition) is 2. The van der Waals surface area contributed by atoms with E-state index in [-0.39, 0.29) is 6.42 Å². The third kappa shape index (κ3) is 2.31. The third-order valence-electron chi connectivity index (χ3n) is 2.39. The van der Waals surface area contributed by atoms with Crippen molar-refractivity contribution in [1.82, 2.24) is 0 Å². The molecule has 0 bridgehead atoms. The fourth-order valence-corrected chi connectivity index (χ4v) is 2.75. The van der Waals surface area contributed by atoms with E-state index in [1.807, 2.05) is 37.3 Å². The molecule has 0 radical (unpaired) electrons. The van der Waals surface area contributed by atoms with E-state index in [2.05, 4.69) is 6.07 Å². The predicted octanol–water partition coefficient (Wildman–Crippen LogP) is 3.35. The average molecular weight is 232 g/mol. The summed E-state index contributed by atoms with van der Waals surface area (Å²) in [5, 5.41) is 8.78. The standard InChI is InChI=1S/C13H12O2S/c1-9-7-12(10-5-3-2-4-6-10)16-11(9)8-13(14)15/h2-7H,8H2,1H3,(H,14,15). The third-order valence-corrected chi connectivity index (χ3v) is 3.68. The molecule has 0 amide bonds. The highest BCUT2D eigenvalue weighted by Gasteiger charge is 2.09. The molecule has 0 spiro atoms. The van der Waals surface area contributed by atoms with Gasteiger partial charge >= 0.3 is 5.97 Å². The number of aryl methyl sites for hydroxylation is 1. The van der Waals surface area contributed by atoms with E-state index in [1.165, 1.54) is 0 Å². The minimum absolute atomic E-state index is 0.114. The van der Waals surface area contributed by atoms with Gasteiger partial charge in [0, 0.05) is 9.75 Å². The SMILES string of the molecule is Cc1cc(-c2ccccc2)sc1CC(=O)O. The number of aliphatic carboxylic acids is 1. The van der Waals surface area contributed by atoms with Crippen molar-refractivity contribution in [1.29, 1.82) is 0 Å². The summed E-state index contributed by atoms with van der Waals surface area (Å²) in [6.07, 6.45) is 0.114. The molecular weight excluding hydrogens is 220 g/mol. The molecular formula is C13H12O2S. The summed E-state index contributed by atoms with van der Waals surface area (Å²) in [5.41, 5.74) is 2.21. The smallest absolute Gasteiger partial charge is 0.308 e. The molecule has 3 heteroatoms. The van der Waals surface area contributed by atoms with E-state index >= 15 is 0 Å². The highest BCUT2D eigenvalue weighted by molar-refractivity contribution is 7.15. The molecule has 1 aromatic carbocycles. The van der Waals surface area contributed by atoms with E-state index in [0.717, 1.165) is 20.9 Å². The molecule has 1 aromatic heterocycles. The fraction of sp³-hybridized carbons (Fsp3) is 0.154. The van der Waals surface area contributed by atoms with Crippen molar-refractivity contribution in [3.63, 3.8) is 0 Å². The number of carboxylic acid groups (broad SMARTS) is 1. The zero-order chi connectivity index (χ0) is 11.5. The topological polar surface area (TPSA) is 37.3 Å². The van der Waals surface area contributed by atoms with Crippen LogP contribution in [0.15, 0.2) is 36.4 Å². The molecule has 82 valence electrons. The Hall–Kier alpha value is -1.61. The van der Waals surface area contributed by atoms with Crippen LogP contribution in [0.3, 0.4) is 0 Å². The summed E-state index contributed by atoms with van der Waals surface area (Å²) >= 11 is 1.56. The molecule has 0 aliphatic heterocycles. The maximum Gasteiger partial charge on any atom is 0.308 e. The van der Waals surface area contributed by atoms with Gasteiger partial charge in [-0.25, -0.2) is 0 Å². The molecule has 0 aliphatic carbocycles. The van der Waals surface area contributed by atoms with Gasteiger partial charge in [0.25, 0.3) is 0 Å². The maximum atomic E-state index is 10.7. The zero-order valence-electron chi connectivity index (χ0n) is 8.93. The van der Waals surface area contributed by atoms with Crippen molar-refractivity contribution < 1.29 is 9.90 Å². The van der Waals surface area contributed by atoms with Crippen molar-refractivity contribution in [2.24, 2.45) is 0 Å². The largest absolute Gasteiger partial charge is 0.481 e. The van der Waals surface area contributed by atoms with Gasteiger partial charge in [0.05, 0.1) is 6.42 Å². The molecule has 2 rings (SSSR count). The molecule has 0 saturated heterocycles. The van der Waals surface area contributed by atoms with Crippen molar-refractivity contribution in [3.8, 4) is 10.4 Å². The number of benzene rings is 1. The Morgan fingerprint density at radius 1 is 1.31 bits per heavy atom. The van der Waals surface area contributed by atoms with Crippen LogP contribution in [-0.2, 0) is 11.2 Å². The minimum Gasteiger partial charge on any atom is -0.481 e. The van der Waals surface area contributed by atoms with Crippen LogP contribution in [0.4, 0.5) is 0 Å². The molecule has 1 N–H and O–H groups in total. The van der Waals surface area contributed by atoms with Gasteiger partial charge in [-0.15, -0.1) is 11.3 Å². The average Bonchev–Trinajstić information content (AvgIpc) is 2.61. The number of carbonyl (C=O) groups is 1. The molecule has 2 nitrogen and oxygen atoms in total. The van der Waals surface area contributed by atoms with E-state index in [4.69, 9.17) is 5.11 Å². The van der Waals surface area contributed by atoms with Crippen LogP contribution in [0.5, 0.6) is 0 Å². The summed E-state index contributed by atoms with van der Waals surface area (Å²) in [4.78, 5) is 12.7. The second-order valence-electron chi connectivity index (χ2n) is 3.65. The number of thiophene rings is 1. The summed E-state index contributed by atoms with van der Waals surface area (Å²) < 4.78 is 0. The van der Waals surface area contributed by atoms with E-state index < -0.39 is 5.97 Å². The predicted molar refractivity (Wildman–Crippen MR) is 65.8 cm³/mol. The van der Waals surface area contributed by atoms with Crippen molar-refractivity contribution in [2.75, 3.05) is 0 Å². The van der Waals surface area contributed by atoms with Gasteiger partial charge < -0.3 is 5.11 Å². The van der Waals surface area contributed by atoms with Gasteiger partial charge in [-0.2, -0.15) is 0 Å². The highest BCUT2D eigenvalue weighted by Crippen LogP contribution is 2.31. The summed E-state index contributed by atoms with van der Waals surface area (Å²) in [7, 11) is 0. The van der Waals surface area contributed by atoms with Crippen molar-refractivity contribution >= 4 is 17.3 Å². The summed E-state index contributed by atoms with van der Waals surface area (Å²) in [6, 6.07) is 12.1. The lowest BCUT2D eigenvalue weighted by molar-refractivity contribution is -0.136. The molecule has 1 heterocycles. The maximum absolute atomic E-state index is 10.7. The second kappa shape index (κ2) is 4.49. The molecule has 2 aromatic rings. The Morgan fingerprint density at radius 3 is 2.62 bits per heavy atom. The van der Waals surface area contributed by atoms with Crippen molar-refractivity contribution in [2.45, 2.75) is 13.3 Å². The van der Waals surface area contributed by atoms with Crippen LogP contribution < -0.4 is 0 Å². The van der Waals surface area contributed by atoms with Gasteiger partial charge in [0.1, 0.15) is 0 Å². The van der Waals surface area contributed by atoms with Crippen LogP contribution in [0, 0.1) is 6.92 Å². The molecule has 0 atom stereocenters. The Labute approximate surface area is 98.2 Å². The van der Waals surface area contributed by atoms with E-state index in [0.29, 0.717) is 0 Å². The van der Waals surface area contributed by atoms with Gasteiger partial charge in [-0.05, 0) is 24.1 Å². The molecule has 0 saturated carbocycles. The van der Waals surface area contributed by atoms with E-state index in [1.54, 1.807) is 11.3 Å². The Bertz CT molecular complexity index is 500. The van der Waals surface area contributed by atoms with Gasteiger partial charge in [-0.1, -0.05) is 30.3 Å². The van der Waals surface area contributed by atoms with Crippen LogP contribution in [0.1, 0.15) is 10.4 Å². The minimum atomic E-state index is -0.774. The first-order valence-electron chi connectivity index (χ1n) is 5.03. The Morgan fingerprint density at radius 2 is 2.00 bits per heavy atom. The number of rotatable bonds is 3. The quantitative estimate of drug-likeness (QED) is 0.881. The summed E-state index contributed by atoms with van der Waals surface area (Å²) in [5.74, 6) is -0.774. The first-order chi connectivity index (χ1) is 7.66. The fourth-order valence-electron chi connectivity index (χ4n) is 1.58. The van der Waals surface area contributed by atoms with Crippen LogP contribution in [0.2, 0.25) is 0 Å². The lowest BCUT2D eigenvalue weighted by Gasteiger charge is -1.94. The van der Waals surface area contributed by atoms with Crippen LogP contribution in [0.25, 0.3) is 10.4 Å².